The lowest BCUT2D eigenvalue weighted by Gasteiger charge is -2.26. The van der Waals surface area contributed by atoms with E-state index in [1.165, 1.54) is 32.4 Å². The number of rotatable bonds is 6. The van der Waals surface area contributed by atoms with Crippen molar-refractivity contribution >= 4 is 0 Å². The summed E-state index contributed by atoms with van der Waals surface area (Å²) >= 11 is 0. The van der Waals surface area contributed by atoms with Crippen molar-refractivity contribution in [3.8, 4) is 11.5 Å². The summed E-state index contributed by atoms with van der Waals surface area (Å²) in [5, 5.41) is 9.09. The highest BCUT2D eigenvalue weighted by Crippen LogP contribution is 2.28. The van der Waals surface area contributed by atoms with E-state index in [0.717, 1.165) is 17.9 Å². The molecule has 4 nitrogen and oxygen atoms in total. The van der Waals surface area contributed by atoms with Gasteiger partial charge in [0.05, 0.1) is 13.7 Å². The Kier molecular flexibility index (Phi) is 5.48. The van der Waals surface area contributed by atoms with Gasteiger partial charge in [0.15, 0.2) is 11.5 Å². The lowest BCUT2D eigenvalue weighted by Crippen LogP contribution is -2.33. The van der Waals surface area contributed by atoms with E-state index >= 15 is 0 Å². The van der Waals surface area contributed by atoms with Crippen LogP contribution in [0.25, 0.3) is 0 Å². The van der Waals surface area contributed by atoms with Crippen LogP contribution >= 0.6 is 0 Å². The molecule has 1 aromatic carbocycles. The third kappa shape index (κ3) is 4.11. The summed E-state index contributed by atoms with van der Waals surface area (Å²) in [5.41, 5.74) is 0.834. The predicted molar refractivity (Wildman–Crippen MR) is 74.7 cm³/mol. The number of likely N-dealkylation sites (tertiary alicyclic amines) is 1. The zero-order valence-corrected chi connectivity index (χ0v) is 11.6. The second kappa shape index (κ2) is 7.36. The standard InChI is InChI=1S/C15H23NO3/c1-18-15-11-13(12-17)5-6-14(15)19-10-9-16-7-3-2-4-8-16/h5-6,11,17H,2-4,7-10,12H2,1H3. The summed E-state index contributed by atoms with van der Waals surface area (Å²) in [4.78, 5) is 2.44. The normalized spacial score (nSPS) is 16.3. The Labute approximate surface area is 114 Å². The predicted octanol–water partition coefficient (Wildman–Crippen LogP) is 2.05. The summed E-state index contributed by atoms with van der Waals surface area (Å²) in [5.74, 6) is 1.43. The first kappa shape index (κ1) is 14.2. The fourth-order valence-electron chi connectivity index (χ4n) is 2.40. The van der Waals surface area contributed by atoms with E-state index in [1.54, 1.807) is 7.11 Å². The molecule has 0 amide bonds. The van der Waals surface area contributed by atoms with E-state index < -0.39 is 0 Å². The molecule has 19 heavy (non-hydrogen) atoms. The molecule has 1 aliphatic rings. The quantitative estimate of drug-likeness (QED) is 0.855. The van der Waals surface area contributed by atoms with Gasteiger partial charge in [-0.25, -0.2) is 0 Å². The first-order valence-corrected chi connectivity index (χ1v) is 6.96. The number of benzene rings is 1. The van der Waals surface area contributed by atoms with Gasteiger partial charge >= 0.3 is 0 Å². The van der Waals surface area contributed by atoms with Gasteiger partial charge in [0.1, 0.15) is 6.61 Å². The molecule has 0 saturated carbocycles. The first-order chi connectivity index (χ1) is 9.33. The zero-order valence-electron chi connectivity index (χ0n) is 11.6. The van der Waals surface area contributed by atoms with E-state index in [-0.39, 0.29) is 6.61 Å². The average Bonchev–Trinajstić information content (AvgIpc) is 2.48. The van der Waals surface area contributed by atoms with E-state index in [9.17, 15) is 0 Å². The van der Waals surface area contributed by atoms with Crippen molar-refractivity contribution in [1.29, 1.82) is 0 Å². The van der Waals surface area contributed by atoms with Gasteiger partial charge in [0.25, 0.3) is 0 Å². The lowest BCUT2D eigenvalue weighted by molar-refractivity contribution is 0.180. The summed E-state index contributed by atoms with van der Waals surface area (Å²) in [6, 6.07) is 5.54. The number of methoxy groups -OCH3 is 1. The smallest absolute Gasteiger partial charge is 0.161 e. The Balaban J connectivity index is 1.84. The second-order valence-corrected chi connectivity index (χ2v) is 4.89. The van der Waals surface area contributed by atoms with E-state index in [2.05, 4.69) is 4.90 Å². The van der Waals surface area contributed by atoms with Crippen LogP contribution in [0.1, 0.15) is 24.8 Å². The lowest BCUT2D eigenvalue weighted by atomic mass is 10.1. The van der Waals surface area contributed by atoms with Crippen molar-refractivity contribution < 1.29 is 14.6 Å². The second-order valence-electron chi connectivity index (χ2n) is 4.89. The Morgan fingerprint density at radius 3 is 2.63 bits per heavy atom. The average molecular weight is 265 g/mol. The highest BCUT2D eigenvalue weighted by Gasteiger charge is 2.10. The Bertz CT molecular complexity index is 389. The van der Waals surface area contributed by atoms with Crippen LogP contribution in [-0.2, 0) is 6.61 Å². The Morgan fingerprint density at radius 1 is 1.16 bits per heavy atom. The fraction of sp³-hybridized carbons (Fsp3) is 0.600. The highest BCUT2D eigenvalue weighted by atomic mass is 16.5. The van der Waals surface area contributed by atoms with Gasteiger partial charge in [-0.3, -0.25) is 4.90 Å². The number of piperidine rings is 1. The van der Waals surface area contributed by atoms with Gasteiger partial charge in [0, 0.05) is 6.54 Å². The molecule has 2 rings (SSSR count). The van der Waals surface area contributed by atoms with E-state index in [1.807, 2.05) is 18.2 Å². The Morgan fingerprint density at radius 2 is 1.95 bits per heavy atom. The molecule has 0 unspecified atom stereocenters. The van der Waals surface area contributed by atoms with Crippen LogP contribution in [-0.4, -0.2) is 43.4 Å². The van der Waals surface area contributed by atoms with Crippen molar-refractivity contribution in [2.24, 2.45) is 0 Å². The van der Waals surface area contributed by atoms with Crippen LogP contribution in [0, 0.1) is 0 Å². The third-order valence-corrected chi connectivity index (χ3v) is 3.52. The maximum Gasteiger partial charge on any atom is 0.161 e. The molecule has 0 aromatic heterocycles. The molecular weight excluding hydrogens is 242 g/mol. The van der Waals surface area contributed by atoms with Gasteiger partial charge in [0.2, 0.25) is 0 Å². The number of ether oxygens (including phenoxy) is 2. The largest absolute Gasteiger partial charge is 0.493 e. The minimum Gasteiger partial charge on any atom is -0.493 e. The van der Waals surface area contributed by atoms with Crippen LogP contribution in [0.4, 0.5) is 0 Å². The number of hydrogen-bond donors (Lipinski definition) is 1. The third-order valence-electron chi connectivity index (χ3n) is 3.52. The molecule has 0 radical (unpaired) electrons. The summed E-state index contributed by atoms with van der Waals surface area (Å²) in [7, 11) is 1.62. The minimum atomic E-state index is 0.0183. The summed E-state index contributed by atoms with van der Waals surface area (Å²) in [6.07, 6.45) is 3.96. The first-order valence-electron chi connectivity index (χ1n) is 6.96. The van der Waals surface area contributed by atoms with Crippen LogP contribution in [0.15, 0.2) is 18.2 Å². The van der Waals surface area contributed by atoms with Gasteiger partial charge in [-0.1, -0.05) is 12.5 Å². The van der Waals surface area contributed by atoms with E-state index in [4.69, 9.17) is 14.6 Å². The molecule has 1 saturated heterocycles. The summed E-state index contributed by atoms with van der Waals surface area (Å²) in [6.45, 7) is 4.03. The zero-order chi connectivity index (χ0) is 13.5. The molecule has 0 atom stereocenters. The van der Waals surface area contributed by atoms with Gasteiger partial charge in [-0.15, -0.1) is 0 Å². The van der Waals surface area contributed by atoms with Crippen LogP contribution in [0.3, 0.4) is 0 Å². The maximum atomic E-state index is 9.09. The molecule has 1 fully saturated rings. The van der Waals surface area contributed by atoms with Gasteiger partial charge < -0.3 is 14.6 Å². The molecule has 0 bridgehead atoms. The van der Waals surface area contributed by atoms with Crippen LogP contribution < -0.4 is 9.47 Å². The van der Waals surface area contributed by atoms with Crippen molar-refractivity contribution in [1.82, 2.24) is 4.90 Å². The van der Waals surface area contributed by atoms with Crippen LogP contribution in [0.5, 0.6) is 11.5 Å². The molecular formula is C15H23NO3. The number of aliphatic hydroxyl groups is 1. The molecule has 1 aromatic rings. The number of aliphatic hydroxyl groups excluding tert-OH is 1. The molecule has 1 N–H and O–H groups in total. The maximum absolute atomic E-state index is 9.09. The van der Waals surface area contributed by atoms with E-state index in [0.29, 0.717) is 12.4 Å². The molecule has 0 spiro atoms. The molecule has 1 aliphatic heterocycles. The summed E-state index contributed by atoms with van der Waals surface area (Å²) < 4.78 is 11.1. The molecule has 0 aliphatic carbocycles. The monoisotopic (exact) mass is 265 g/mol. The molecule has 4 heteroatoms. The van der Waals surface area contributed by atoms with Crippen molar-refractivity contribution in [3.63, 3.8) is 0 Å². The molecule has 106 valence electrons. The number of hydrogen-bond acceptors (Lipinski definition) is 4. The fourth-order valence-corrected chi connectivity index (χ4v) is 2.40. The Hall–Kier alpha value is -1.26. The highest BCUT2D eigenvalue weighted by molar-refractivity contribution is 5.42. The topological polar surface area (TPSA) is 41.9 Å². The van der Waals surface area contributed by atoms with Crippen molar-refractivity contribution in [2.75, 3.05) is 33.4 Å². The van der Waals surface area contributed by atoms with Gasteiger partial charge in [-0.05, 0) is 43.6 Å². The number of nitrogens with zero attached hydrogens (tertiary/aromatic N) is 1. The van der Waals surface area contributed by atoms with Crippen molar-refractivity contribution in [2.45, 2.75) is 25.9 Å². The van der Waals surface area contributed by atoms with Gasteiger partial charge in [-0.2, -0.15) is 0 Å². The molecule has 1 heterocycles. The SMILES string of the molecule is COc1cc(CO)ccc1OCCN1CCCCC1. The minimum absolute atomic E-state index is 0.0183. The van der Waals surface area contributed by atoms with Crippen molar-refractivity contribution in [3.05, 3.63) is 23.8 Å². The van der Waals surface area contributed by atoms with Crippen LogP contribution in [0.2, 0.25) is 0 Å².